The second kappa shape index (κ2) is 6.02. The van der Waals surface area contributed by atoms with Crippen molar-refractivity contribution in [3.63, 3.8) is 0 Å². The van der Waals surface area contributed by atoms with Gasteiger partial charge in [-0.1, -0.05) is 0 Å². The summed E-state index contributed by atoms with van der Waals surface area (Å²) < 4.78 is 1.65. The number of nitrogens with two attached hydrogens (primary N) is 2. The molecular formula is C9H16ClN5O. The molecule has 0 aliphatic heterocycles. The number of carbonyl (C=O) groups excluding carboxylic acids is 1. The minimum absolute atomic E-state index is 0. The lowest BCUT2D eigenvalue weighted by atomic mass is 10.3. The van der Waals surface area contributed by atoms with Crippen molar-refractivity contribution in [2.45, 2.75) is 6.42 Å². The molecule has 1 heterocycles. The number of rotatable bonds is 4. The van der Waals surface area contributed by atoms with Crippen LogP contribution in [0.5, 0.6) is 0 Å². The predicted molar refractivity (Wildman–Crippen MR) is 65.9 cm³/mol. The standard InChI is InChI=1S/C9H15N5O.ClH/c1-14-5-6(10)4-7(14)9(15)13-3-2-8(11)12;/h4-5H,2-3,10H2,1H3,(H3,11,12)(H,13,15);1H. The molecule has 1 aromatic rings. The molecule has 0 unspecified atom stereocenters. The van der Waals surface area contributed by atoms with Gasteiger partial charge in [0.25, 0.3) is 5.91 Å². The van der Waals surface area contributed by atoms with Gasteiger partial charge in [0, 0.05) is 26.2 Å². The second-order valence-electron chi connectivity index (χ2n) is 3.30. The summed E-state index contributed by atoms with van der Waals surface area (Å²) in [6.45, 7) is 0.360. The first-order valence-electron chi connectivity index (χ1n) is 4.53. The van der Waals surface area contributed by atoms with Crippen LogP contribution in [0.4, 0.5) is 5.69 Å². The third kappa shape index (κ3) is 3.82. The topological polar surface area (TPSA) is 110 Å². The lowest BCUT2D eigenvalue weighted by Crippen LogP contribution is -2.28. The van der Waals surface area contributed by atoms with Gasteiger partial charge in [0.1, 0.15) is 5.69 Å². The number of hydrogen-bond donors (Lipinski definition) is 4. The third-order valence-electron chi connectivity index (χ3n) is 1.94. The number of hydrogen-bond acceptors (Lipinski definition) is 3. The molecule has 6 N–H and O–H groups in total. The molecule has 1 aromatic heterocycles. The fourth-order valence-corrected chi connectivity index (χ4v) is 1.22. The van der Waals surface area contributed by atoms with Gasteiger partial charge in [-0.25, -0.2) is 0 Å². The minimum Gasteiger partial charge on any atom is -0.397 e. The number of halogens is 1. The summed E-state index contributed by atoms with van der Waals surface area (Å²) in [4.78, 5) is 11.6. The highest BCUT2D eigenvalue weighted by molar-refractivity contribution is 5.94. The van der Waals surface area contributed by atoms with Gasteiger partial charge in [0.05, 0.1) is 11.5 Å². The van der Waals surface area contributed by atoms with Crippen molar-refractivity contribution < 1.29 is 4.79 Å². The highest BCUT2D eigenvalue weighted by Crippen LogP contribution is 2.07. The van der Waals surface area contributed by atoms with Crippen LogP contribution in [0.3, 0.4) is 0 Å². The van der Waals surface area contributed by atoms with E-state index in [-0.39, 0.29) is 24.1 Å². The summed E-state index contributed by atoms with van der Waals surface area (Å²) >= 11 is 0. The number of aryl methyl sites for hydroxylation is 1. The first kappa shape index (κ1) is 14.3. The van der Waals surface area contributed by atoms with Crippen molar-refractivity contribution in [2.75, 3.05) is 12.3 Å². The second-order valence-corrected chi connectivity index (χ2v) is 3.30. The molecule has 0 atom stereocenters. The molecular weight excluding hydrogens is 230 g/mol. The van der Waals surface area contributed by atoms with Gasteiger partial charge in [-0.15, -0.1) is 12.4 Å². The van der Waals surface area contributed by atoms with Gasteiger partial charge >= 0.3 is 0 Å². The molecule has 1 amide bonds. The fourth-order valence-electron chi connectivity index (χ4n) is 1.22. The number of amides is 1. The Bertz CT molecular complexity index is 387. The number of nitrogens with zero attached hydrogens (tertiary/aromatic N) is 1. The smallest absolute Gasteiger partial charge is 0.267 e. The number of amidine groups is 1. The van der Waals surface area contributed by atoms with E-state index in [9.17, 15) is 4.79 Å². The summed E-state index contributed by atoms with van der Waals surface area (Å²) in [5.41, 5.74) is 11.7. The zero-order valence-electron chi connectivity index (χ0n) is 8.99. The SMILES string of the molecule is Cl.Cn1cc(N)cc1C(=O)NCCC(=N)N. The number of nitrogens with one attached hydrogen (secondary N) is 2. The molecule has 6 nitrogen and oxygen atoms in total. The van der Waals surface area contributed by atoms with E-state index in [1.807, 2.05) is 0 Å². The maximum atomic E-state index is 11.6. The van der Waals surface area contributed by atoms with Crippen LogP contribution in [0.25, 0.3) is 0 Å². The third-order valence-corrected chi connectivity index (χ3v) is 1.94. The minimum atomic E-state index is -0.213. The van der Waals surface area contributed by atoms with E-state index in [0.717, 1.165) is 0 Å². The predicted octanol–water partition coefficient (Wildman–Crippen LogP) is 0.0850. The lowest BCUT2D eigenvalue weighted by Gasteiger charge is -2.04. The van der Waals surface area contributed by atoms with Crippen LogP contribution in [0.1, 0.15) is 16.9 Å². The molecule has 0 spiro atoms. The fraction of sp³-hybridized carbons (Fsp3) is 0.333. The molecule has 16 heavy (non-hydrogen) atoms. The average Bonchev–Trinajstić information content (AvgIpc) is 2.44. The summed E-state index contributed by atoms with van der Waals surface area (Å²) in [7, 11) is 1.75. The molecule has 0 bridgehead atoms. The zero-order valence-corrected chi connectivity index (χ0v) is 9.80. The van der Waals surface area contributed by atoms with E-state index in [0.29, 0.717) is 24.3 Å². The van der Waals surface area contributed by atoms with Crippen molar-refractivity contribution in [1.82, 2.24) is 9.88 Å². The van der Waals surface area contributed by atoms with Gasteiger partial charge in [-0.2, -0.15) is 0 Å². The van der Waals surface area contributed by atoms with Crippen LogP contribution < -0.4 is 16.8 Å². The Hall–Kier alpha value is -1.69. The van der Waals surface area contributed by atoms with E-state index in [1.54, 1.807) is 23.9 Å². The number of aromatic nitrogens is 1. The largest absolute Gasteiger partial charge is 0.397 e. The van der Waals surface area contributed by atoms with Gasteiger partial charge in [-0.3, -0.25) is 10.2 Å². The highest BCUT2D eigenvalue weighted by atomic mass is 35.5. The van der Waals surface area contributed by atoms with Crippen LogP contribution in [0.15, 0.2) is 12.3 Å². The summed E-state index contributed by atoms with van der Waals surface area (Å²) in [5, 5.41) is 9.64. The Balaban J connectivity index is 0.00000225. The van der Waals surface area contributed by atoms with Gasteiger partial charge in [0.15, 0.2) is 0 Å². The average molecular weight is 246 g/mol. The number of nitrogen functional groups attached to an aromatic ring is 1. The van der Waals surface area contributed by atoms with E-state index in [1.165, 1.54) is 0 Å². The monoisotopic (exact) mass is 245 g/mol. The van der Waals surface area contributed by atoms with Crippen molar-refractivity contribution in [3.8, 4) is 0 Å². The normalized spacial score (nSPS) is 9.31. The van der Waals surface area contributed by atoms with Crippen LogP contribution >= 0.6 is 12.4 Å². The van der Waals surface area contributed by atoms with E-state index < -0.39 is 0 Å². The van der Waals surface area contributed by atoms with Crippen LogP contribution in [-0.4, -0.2) is 22.9 Å². The van der Waals surface area contributed by atoms with Crippen LogP contribution in [0, 0.1) is 5.41 Å². The Morgan fingerprint density at radius 1 is 1.62 bits per heavy atom. The summed E-state index contributed by atoms with van der Waals surface area (Å²) in [6, 6.07) is 1.60. The Kier molecular flexibility index (Phi) is 5.38. The molecule has 0 aliphatic rings. The van der Waals surface area contributed by atoms with Gasteiger partial charge in [-0.05, 0) is 6.07 Å². The van der Waals surface area contributed by atoms with Crippen LogP contribution in [0.2, 0.25) is 0 Å². The molecule has 7 heteroatoms. The highest BCUT2D eigenvalue weighted by Gasteiger charge is 2.09. The van der Waals surface area contributed by atoms with Gasteiger partial charge < -0.3 is 21.4 Å². The quantitative estimate of drug-likeness (QED) is 0.446. The number of carbonyl (C=O) groups is 1. The molecule has 90 valence electrons. The Morgan fingerprint density at radius 2 is 2.25 bits per heavy atom. The van der Waals surface area contributed by atoms with Crippen molar-refractivity contribution in [3.05, 3.63) is 18.0 Å². The molecule has 1 rings (SSSR count). The molecule has 0 radical (unpaired) electrons. The Labute approximate surface area is 99.9 Å². The first-order valence-corrected chi connectivity index (χ1v) is 4.53. The van der Waals surface area contributed by atoms with E-state index >= 15 is 0 Å². The summed E-state index contributed by atoms with van der Waals surface area (Å²) in [6.07, 6.45) is 2.02. The van der Waals surface area contributed by atoms with Crippen molar-refractivity contribution in [2.24, 2.45) is 12.8 Å². The molecule has 0 fully saturated rings. The first-order chi connectivity index (χ1) is 7.00. The molecule has 0 aromatic carbocycles. The molecule has 0 saturated heterocycles. The zero-order chi connectivity index (χ0) is 11.4. The molecule has 0 aliphatic carbocycles. The maximum absolute atomic E-state index is 11.6. The van der Waals surface area contributed by atoms with Crippen molar-refractivity contribution >= 4 is 29.8 Å². The van der Waals surface area contributed by atoms with Crippen molar-refractivity contribution in [1.29, 1.82) is 5.41 Å². The van der Waals surface area contributed by atoms with Gasteiger partial charge in [0.2, 0.25) is 0 Å². The van der Waals surface area contributed by atoms with E-state index in [4.69, 9.17) is 16.9 Å². The lowest BCUT2D eigenvalue weighted by molar-refractivity contribution is 0.0946. The number of anilines is 1. The van der Waals surface area contributed by atoms with E-state index in [2.05, 4.69) is 5.32 Å². The Morgan fingerprint density at radius 3 is 2.69 bits per heavy atom. The summed E-state index contributed by atoms with van der Waals surface area (Å²) in [5.74, 6) is -0.155. The van der Waals surface area contributed by atoms with Crippen LogP contribution in [-0.2, 0) is 7.05 Å². The molecule has 0 saturated carbocycles. The maximum Gasteiger partial charge on any atom is 0.267 e.